The minimum Gasteiger partial charge on any atom is -0.237 e. The molecule has 0 radical (unpaired) electrons. The molecule has 0 saturated carbocycles. The van der Waals surface area contributed by atoms with Gasteiger partial charge in [-0.05, 0) is 12.1 Å². The molecule has 17 heavy (non-hydrogen) atoms. The van der Waals surface area contributed by atoms with E-state index in [1.165, 1.54) is 0 Å². The van der Waals surface area contributed by atoms with Gasteiger partial charge in [0.05, 0.1) is 5.69 Å². The summed E-state index contributed by atoms with van der Waals surface area (Å²) in [6, 6.07) is 3.99. The first-order valence-electron chi connectivity index (χ1n) is 6.02. The van der Waals surface area contributed by atoms with Crippen LogP contribution in [0, 0.1) is 0 Å². The lowest BCUT2D eigenvalue weighted by molar-refractivity contribution is 0.566. The van der Waals surface area contributed by atoms with Gasteiger partial charge >= 0.3 is 0 Å². The maximum absolute atomic E-state index is 4.72. The molecule has 2 aromatic heterocycles. The van der Waals surface area contributed by atoms with E-state index in [2.05, 4.69) is 44.6 Å². The van der Waals surface area contributed by atoms with Gasteiger partial charge in [-0.1, -0.05) is 34.6 Å². The second-order valence-corrected chi connectivity index (χ2v) is 5.71. The molecule has 90 valence electrons. The molecule has 0 aliphatic heterocycles. The third-order valence-electron chi connectivity index (χ3n) is 2.72. The van der Waals surface area contributed by atoms with E-state index in [-0.39, 0.29) is 5.41 Å². The van der Waals surface area contributed by atoms with Crippen molar-refractivity contribution in [3.05, 3.63) is 29.8 Å². The summed E-state index contributed by atoms with van der Waals surface area (Å²) in [5.74, 6) is 1.20. The lowest BCUT2D eigenvalue weighted by Crippen LogP contribution is -2.17. The summed E-state index contributed by atoms with van der Waals surface area (Å²) < 4.78 is 0. The quantitative estimate of drug-likeness (QED) is 0.751. The first kappa shape index (κ1) is 12.0. The highest BCUT2D eigenvalue weighted by Gasteiger charge is 2.21. The van der Waals surface area contributed by atoms with Gasteiger partial charge in [-0.3, -0.25) is 0 Å². The minimum absolute atomic E-state index is 0.00780. The zero-order valence-electron chi connectivity index (χ0n) is 11.2. The zero-order valence-corrected chi connectivity index (χ0v) is 11.2. The van der Waals surface area contributed by atoms with Crippen LogP contribution in [0.4, 0.5) is 0 Å². The van der Waals surface area contributed by atoms with E-state index in [4.69, 9.17) is 4.98 Å². The molecule has 0 fully saturated rings. The Morgan fingerprint density at radius 1 is 1.12 bits per heavy atom. The summed E-state index contributed by atoms with van der Waals surface area (Å²) in [7, 11) is 0. The Hall–Kier alpha value is -1.51. The van der Waals surface area contributed by atoms with Crippen molar-refractivity contribution in [3.63, 3.8) is 0 Å². The molecule has 0 aromatic carbocycles. The smallest absolute Gasteiger partial charge is 0.163 e. The standard InChI is InChI=1S/C14H19N3/c1-9(2)12-16-11(14(3,4)5)10-7-6-8-15-13(10)17-12/h6-9H,1-5H3. The van der Waals surface area contributed by atoms with Crippen molar-refractivity contribution in [2.24, 2.45) is 0 Å². The summed E-state index contributed by atoms with van der Waals surface area (Å²) in [5.41, 5.74) is 1.89. The highest BCUT2D eigenvalue weighted by molar-refractivity contribution is 5.78. The lowest BCUT2D eigenvalue weighted by atomic mass is 9.89. The molecular formula is C14H19N3. The third kappa shape index (κ3) is 2.28. The molecule has 0 atom stereocenters. The van der Waals surface area contributed by atoms with Crippen molar-refractivity contribution in [1.29, 1.82) is 0 Å². The Bertz CT molecular complexity index is 539. The molecule has 0 saturated heterocycles. The summed E-state index contributed by atoms with van der Waals surface area (Å²) >= 11 is 0. The molecule has 0 unspecified atom stereocenters. The summed E-state index contributed by atoms with van der Waals surface area (Å²) in [5, 5.41) is 1.06. The molecule has 2 rings (SSSR count). The number of hydrogen-bond donors (Lipinski definition) is 0. The number of rotatable bonds is 1. The highest BCUT2D eigenvalue weighted by Crippen LogP contribution is 2.27. The van der Waals surface area contributed by atoms with Crippen molar-refractivity contribution in [3.8, 4) is 0 Å². The molecule has 0 N–H and O–H groups in total. The van der Waals surface area contributed by atoms with Gasteiger partial charge < -0.3 is 0 Å². The SMILES string of the molecule is CC(C)c1nc(C(C)(C)C)c2cccnc2n1. The topological polar surface area (TPSA) is 38.7 Å². The molecule has 0 aliphatic rings. The average molecular weight is 229 g/mol. The van der Waals surface area contributed by atoms with Crippen LogP contribution in [0.2, 0.25) is 0 Å². The van der Waals surface area contributed by atoms with Crippen LogP contribution in [-0.2, 0) is 5.41 Å². The number of nitrogens with zero attached hydrogens (tertiary/aromatic N) is 3. The Balaban J connectivity index is 2.79. The number of hydrogen-bond acceptors (Lipinski definition) is 3. The fourth-order valence-electron chi connectivity index (χ4n) is 1.81. The Morgan fingerprint density at radius 2 is 1.82 bits per heavy atom. The van der Waals surface area contributed by atoms with Crippen molar-refractivity contribution >= 4 is 11.0 Å². The van der Waals surface area contributed by atoms with E-state index in [0.717, 1.165) is 22.6 Å². The number of pyridine rings is 1. The van der Waals surface area contributed by atoms with Gasteiger partial charge in [0.25, 0.3) is 0 Å². The van der Waals surface area contributed by atoms with E-state index in [1.54, 1.807) is 6.20 Å². The van der Waals surface area contributed by atoms with Crippen molar-refractivity contribution < 1.29 is 0 Å². The largest absolute Gasteiger partial charge is 0.237 e. The Labute approximate surface area is 102 Å². The fourth-order valence-corrected chi connectivity index (χ4v) is 1.81. The molecule has 0 spiro atoms. The minimum atomic E-state index is 0.00780. The second kappa shape index (κ2) is 4.06. The Kier molecular flexibility index (Phi) is 2.86. The molecule has 0 aliphatic carbocycles. The maximum Gasteiger partial charge on any atom is 0.163 e. The van der Waals surface area contributed by atoms with E-state index in [0.29, 0.717) is 5.92 Å². The summed E-state index contributed by atoms with van der Waals surface area (Å²) in [4.78, 5) is 13.6. The monoisotopic (exact) mass is 229 g/mol. The predicted molar refractivity (Wildman–Crippen MR) is 70.1 cm³/mol. The molecule has 3 nitrogen and oxygen atoms in total. The lowest BCUT2D eigenvalue weighted by Gasteiger charge is -2.21. The molecule has 0 bridgehead atoms. The summed E-state index contributed by atoms with van der Waals surface area (Å²) in [6.45, 7) is 10.7. The molecule has 2 aromatic rings. The van der Waals surface area contributed by atoms with Crippen molar-refractivity contribution in [2.45, 2.75) is 46.0 Å². The zero-order chi connectivity index (χ0) is 12.6. The number of aromatic nitrogens is 3. The van der Waals surface area contributed by atoms with E-state index < -0.39 is 0 Å². The van der Waals surface area contributed by atoms with E-state index in [9.17, 15) is 0 Å². The van der Waals surface area contributed by atoms with Crippen molar-refractivity contribution in [1.82, 2.24) is 15.0 Å². The molecular weight excluding hydrogens is 210 g/mol. The van der Waals surface area contributed by atoms with Crippen LogP contribution < -0.4 is 0 Å². The van der Waals surface area contributed by atoms with Gasteiger partial charge in [0.1, 0.15) is 5.82 Å². The number of fused-ring (bicyclic) bond motifs is 1. The van der Waals surface area contributed by atoms with Gasteiger partial charge in [0, 0.05) is 22.9 Å². The molecule has 2 heterocycles. The third-order valence-corrected chi connectivity index (χ3v) is 2.72. The Morgan fingerprint density at radius 3 is 2.41 bits per heavy atom. The van der Waals surface area contributed by atoms with E-state index >= 15 is 0 Å². The van der Waals surface area contributed by atoms with Crippen LogP contribution in [0.1, 0.15) is 52.1 Å². The van der Waals surface area contributed by atoms with Gasteiger partial charge in [0.2, 0.25) is 0 Å². The van der Waals surface area contributed by atoms with Crippen LogP contribution in [0.25, 0.3) is 11.0 Å². The van der Waals surface area contributed by atoms with Gasteiger partial charge in [-0.2, -0.15) is 0 Å². The first-order valence-corrected chi connectivity index (χ1v) is 6.02. The van der Waals surface area contributed by atoms with Crippen LogP contribution >= 0.6 is 0 Å². The molecule has 0 amide bonds. The highest BCUT2D eigenvalue weighted by atomic mass is 15.0. The van der Waals surface area contributed by atoms with Gasteiger partial charge in [-0.25, -0.2) is 15.0 Å². The first-order chi connectivity index (χ1) is 7.89. The fraction of sp³-hybridized carbons (Fsp3) is 0.500. The summed E-state index contributed by atoms with van der Waals surface area (Å²) in [6.07, 6.45) is 1.78. The van der Waals surface area contributed by atoms with E-state index in [1.807, 2.05) is 12.1 Å². The van der Waals surface area contributed by atoms with Gasteiger partial charge in [-0.15, -0.1) is 0 Å². The van der Waals surface area contributed by atoms with Gasteiger partial charge in [0.15, 0.2) is 5.65 Å². The second-order valence-electron chi connectivity index (χ2n) is 5.71. The normalized spacial score (nSPS) is 12.4. The molecule has 3 heteroatoms. The van der Waals surface area contributed by atoms with Crippen molar-refractivity contribution in [2.75, 3.05) is 0 Å². The maximum atomic E-state index is 4.72. The average Bonchev–Trinajstić information content (AvgIpc) is 2.26. The van der Waals surface area contributed by atoms with Crippen LogP contribution in [0.3, 0.4) is 0 Å². The van der Waals surface area contributed by atoms with Crippen LogP contribution in [-0.4, -0.2) is 15.0 Å². The van der Waals surface area contributed by atoms with Crippen LogP contribution in [0.15, 0.2) is 18.3 Å². The predicted octanol–water partition coefficient (Wildman–Crippen LogP) is 3.45. The van der Waals surface area contributed by atoms with Crippen LogP contribution in [0.5, 0.6) is 0 Å².